The van der Waals surface area contributed by atoms with Crippen molar-refractivity contribution in [1.29, 1.82) is 0 Å². The molecule has 0 aliphatic rings. The average molecular weight is 702 g/mol. The topological polar surface area (TPSA) is 51.8 Å². The van der Waals surface area contributed by atoms with E-state index < -0.39 is 0 Å². The first-order valence-electron chi connectivity index (χ1n) is 18.5. The second-order valence-corrected chi connectivity index (χ2v) is 13.9. The van der Waals surface area contributed by atoms with E-state index in [0.29, 0.717) is 5.82 Å². The number of fused-ring (bicyclic) bond motifs is 7. The zero-order chi connectivity index (χ0) is 36.3. The Kier molecular flexibility index (Phi) is 7.14. The van der Waals surface area contributed by atoms with Crippen LogP contribution in [0.3, 0.4) is 0 Å². The Hall–Kier alpha value is -7.43. The summed E-state index contributed by atoms with van der Waals surface area (Å²) in [4.78, 5) is 15.3. The molecule has 4 heteroatoms. The molecule has 3 aromatic heterocycles. The largest absolute Gasteiger partial charge is 0.456 e. The van der Waals surface area contributed by atoms with Crippen molar-refractivity contribution in [2.45, 2.75) is 0 Å². The van der Waals surface area contributed by atoms with Crippen molar-refractivity contribution < 1.29 is 4.42 Å². The van der Waals surface area contributed by atoms with Crippen molar-refractivity contribution in [2.75, 3.05) is 0 Å². The molecule has 55 heavy (non-hydrogen) atoms. The van der Waals surface area contributed by atoms with Crippen molar-refractivity contribution in [3.63, 3.8) is 0 Å². The fraction of sp³-hybridized carbons (Fsp3) is 0. The van der Waals surface area contributed by atoms with E-state index in [1.165, 1.54) is 5.39 Å². The van der Waals surface area contributed by atoms with Gasteiger partial charge in [0.05, 0.1) is 22.4 Å². The summed E-state index contributed by atoms with van der Waals surface area (Å²) in [5, 5.41) is 6.61. The third-order valence-corrected chi connectivity index (χ3v) is 10.7. The lowest BCUT2D eigenvalue weighted by molar-refractivity contribution is 0.669. The van der Waals surface area contributed by atoms with Gasteiger partial charge in [-0.1, -0.05) is 164 Å². The molecule has 0 N–H and O–H groups in total. The summed E-state index contributed by atoms with van der Waals surface area (Å²) >= 11 is 0. The van der Waals surface area contributed by atoms with Gasteiger partial charge in [0, 0.05) is 54.6 Å². The second kappa shape index (κ2) is 12.6. The predicted octanol–water partition coefficient (Wildman–Crippen LogP) is 13.6. The van der Waals surface area contributed by atoms with E-state index in [4.69, 9.17) is 19.4 Å². The zero-order valence-corrected chi connectivity index (χ0v) is 29.6. The van der Waals surface area contributed by atoms with Gasteiger partial charge in [-0.05, 0) is 41.0 Å². The van der Waals surface area contributed by atoms with Crippen molar-refractivity contribution in [1.82, 2.24) is 15.0 Å². The van der Waals surface area contributed by atoms with Crippen LogP contribution in [0.1, 0.15) is 0 Å². The lowest BCUT2D eigenvalue weighted by Crippen LogP contribution is -1.95. The summed E-state index contributed by atoms with van der Waals surface area (Å²) in [6.45, 7) is 0. The number of furan rings is 1. The first-order chi connectivity index (χ1) is 27.3. The summed E-state index contributed by atoms with van der Waals surface area (Å²) in [7, 11) is 0. The molecule has 0 spiro atoms. The zero-order valence-electron chi connectivity index (χ0n) is 29.6. The molecule has 0 saturated carbocycles. The van der Waals surface area contributed by atoms with Gasteiger partial charge in [0.2, 0.25) is 0 Å². The molecule has 0 atom stereocenters. The number of aromatic nitrogens is 3. The number of rotatable bonds is 5. The van der Waals surface area contributed by atoms with Crippen LogP contribution in [-0.4, -0.2) is 15.0 Å². The second-order valence-electron chi connectivity index (χ2n) is 13.9. The van der Waals surface area contributed by atoms with Gasteiger partial charge in [0.15, 0.2) is 5.82 Å². The van der Waals surface area contributed by atoms with Gasteiger partial charge in [-0.3, -0.25) is 0 Å². The first-order valence-corrected chi connectivity index (χ1v) is 18.5. The fourth-order valence-corrected chi connectivity index (χ4v) is 8.08. The third kappa shape index (κ3) is 5.19. The molecular weight excluding hydrogens is 671 g/mol. The Labute approximate surface area is 317 Å². The molecule has 0 aliphatic carbocycles. The predicted molar refractivity (Wildman–Crippen MR) is 227 cm³/mol. The van der Waals surface area contributed by atoms with Crippen molar-refractivity contribution in [3.8, 4) is 56.2 Å². The standard InChI is InChI=1S/C51H31N3O/c1-3-13-35(14-4-1)49-39-18-8-11-21-43(39)53-51(54-49)37-29-25-33(26-30-37)32-23-27-34(28-24-32)46-47-38-17-7-10-20-42(38)52-50(36-15-5-2-6-16-36)41(47)31-45-48(46)40-19-9-12-22-44(40)55-45/h1-31H. The lowest BCUT2D eigenvalue weighted by atomic mass is 9.89. The lowest BCUT2D eigenvalue weighted by Gasteiger charge is -2.16. The van der Waals surface area contributed by atoms with Crippen molar-refractivity contribution in [3.05, 3.63) is 188 Å². The van der Waals surface area contributed by atoms with Crippen LogP contribution in [0, 0.1) is 0 Å². The molecule has 0 saturated heterocycles. The van der Waals surface area contributed by atoms with E-state index in [2.05, 4.69) is 146 Å². The van der Waals surface area contributed by atoms with Crippen LogP contribution in [0.25, 0.3) is 111 Å². The molecule has 11 rings (SSSR count). The SMILES string of the molecule is c1ccc(-c2nc(-c3ccc(-c4ccc(-c5c6c(cc7c(-c8ccccc8)nc8ccccc8c57)oc5ccccc56)cc4)cc3)nc3ccccc23)cc1. The molecule has 11 aromatic rings. The molecule has 256 valence electrons. The van der Waals surface area contributed by atoms with Gasteiger partial charge >= 0.3 is 0 Å². The highest BCUT2D eigenvalue weighted by molar-refractivity contribution is 6.27. The summed E-state index contributed by atoms with van der Waals surface area (Å²) in [6.07, 6.45) is 0. The molecular formula is C51H31N3O. The Bertz CT molecular complexity index is 3220. The molecule has 0 unspecified atom stereocenters. The van der Waals surface area contributed by atoms with E-state index in [1.54, 1.807) is 0 Å². The van der Waals surface area contributed by atoms with Gasteiger partial charge in [-0.15, -0.1) is 0 Å². The quantitative estimate of drug-likeness (QED) is 0.168. The number of para-hydroxylation sites is 3. The smallest absolute Gasteiger partial charge is 0.160 e. The average Bonchev–Trinajstić information content (AvgIpc) is 3.64. The van der Waals surface area contributed by atoms with Crippen LogP contribution >= 0.6 is 0 Å². The Balaban J connectivity index is 1.06. The summed E-state index contributed by atoms with van der Waals surface area (Å²) in [5.74, 6) is 0.711. The van der Waals surface area contributed by atoms with Crippen LogP contribution in [0.5, 0.6) is 0 Å². The minimum Gasteiger partial charge on any atom is -0.456 e. The highest BCUT2D eigenvalue weighted by atomic mass is 16.3. The van der Waals surface area contributed by atoms with Gasteiger partial charge in [0.25, 0.3) is 0 Å². The summed E-state index contributed by atoms with van der Waals surface area (Å²) < 4.78 is 6.58. The maximum absolute atomic E-state index is 6.58. The van der Waals surface area contributed by atoms with Crippen LogP contribution in [-0.2, 0) is 0 Å². The van der Waals surface area contributed by atoms with E-state index in [1.807, 2.05) is 42.5 Å². The Morgan fingerprint density at radius 1 is 0.309 bits per heavy atom. The highest BCUT2D eigenvalue weighted by Crippen LogP contribution is 2.46. The van der Waals surface area contributed by atoms with Gasteiger partial charge in [0.1, 0.15) is 11.2 Å². The van der Waals surface area contributed by atoms with Gasteiger partial charge in [-0.2, -0.15) is 0 Å². The van der Waals surface area contributed by atoms with Crippen LogP contribution in [0.4, 0.5) is 0 Å². The molecule has 0 bridgehead atoms. The maximum atomic E-state index is 6.58. The van der Waals surface area contributed by atoms with Gasteiger partial charge < -0.3 is 4.42 Å². The van der Waals surface area contributed by atoms with Crippen LogP contribution in [0.15, 0.2) is 192 Å². The number of pyridine rings is 1. The molecule has 0 fully saturated rings. The minimum atomic E-state index is 0.711. The molecule has 8 aromatic carbocycles. The van der Waals surface area contributed by atoms with E-state index >= 15 is 0 Å². The molecule has 4 nitrogen and oxygen atoms in total. The Morgan fingerprint density at radius 2 is 0.818 bits per heavy atom. The molecule has 0 amide bonds. The van der Waals surface area contributed by atoms with Crippen molar-refractivity contribution >= 4 is 54.5 Å². The Morgan fingerprint density at radius 3 is 1.49 bits per heavy atom. The van der Waals surface area contributed by atoms with E-state index in [0.717, 1.165) is 99.5 Å². The normalized spacial score (nSPS) is 11.6. The molecule has 0 radical (unpaired) electrons. The molecule has 3 heterocycles. The summed E-state index contributed by atoms with van der Waals surface area (Å²) in [6, 6.07) is 65.5. The summed E-state index contributed by atoms with van der Waals surface area (Å²) in [5.41, 5.74) is 13.1. The number of benzene rings is 8. The number of hydrogen-bond acceptors (Lipinski definition) is 4. The van der Waals surface area contributed by atoms with Crippen molar-refractivity contribution in [2.24, 2.45) is 0 Å². The van der Waals surface area contributed by atoms with E-state index in [9.17, 15) is 0 Å². The molecule has 0 aliphatic heterocycles. The fourth-order valence-electron chi connectivity index (χ4n) is 8.08. The minimum absolute atomic E-state index is 0.711. The van der Waals surface area contributed by atoms with Crippen LogP contribution < -0.4 is 0 Å². The highest BCUT2D eigenvalue weighted by Gasteiger charge is 2.21. The third-order valence-electron chi connectivity index (χ3n) is 10.7. The van der Waals surface area contributed by atoms with E-state index in [-0.39, 0.29) is 0 Å². The maximum Gasteiger partial charge on any atom is 0.160 e. The number of hydrogen-bond donors (Lipinski definition) is 0. The van der Waals surface area contributed by atoms with Crippen LogP contribution in [0.2, 0.25) is 0 Å². The van der Waals surface area contributed by atoms with Gasteiger partial charge in [-0.25, -0.2) is 15.0 Å². The number of nitrogens with zero attached hydrogens (tertiary/aromatic N) is 3. The first kappa shape index (κ1) is 31.1. The monoisotopic (exact) mass is 701 g/mol.